The first-order valence-electron chi connectivity index (χ1n) is 8.89. The van der Waals surface area contributed by atoms with E-state index in [0.717, 1.165) is 0 Å². The Balaban J connectivity index is 1.77. The summed E-state index contributed by atoms with van der Waals surface area (Å²) < 4.78 is 122. The Morgan fingerprint density at radius 3 is 1.93 bits per heavy atom. The van der Waals surface area contributed by atoms with Gasteiger partial charge in [-0.05, 0) is 12.3 Å². The minimum atomic E-state index is -5.08. The SMILES string of the molecule is O=C(OCCC(F)(F)CCC(F)(F)C(F)(F)CCC(F)(F)F)C1=CC2C=CC1C2. The van der Waals surface area contributed by atoms with Gasteiger partial charge in [-0.25, -0.2) is 13.6 Å². The van der Waals surface area contributed by atoms with Crippen molar-refractivity contribution < 1.29 is 49.0 Å². The van der Waals surface area contributed by atoms with Crippen molar-refractivity contribution in [2.45, 2.75) is 62.5 Å². The highest BCUT2D eigenvalue weighted by molar-refractivity contribution is 5.90. The van der Waals surface area contributed by atoms with Crippen LogP contribution in [0, 0.1) is 11.8 Å². The highest BCUT2D eigenvalue weighted by Crippen LogP contribution is 2.44. The largest absolute Gasteiger partial charge is 0.462 e. The molecular formula is C18H19F9O2. The van der Waals surface area contributed by atoms with Crippen LogP contribution in [0.3, 0.4) is 0 Å². The number of esters is 1. The summed E-state index contributed by atoms with van der Waals surface area (Å²) in [5.74, 6) is -14.8. The van der Waals surface area contributed by atoms with Crippen LogP contribution in [0.4, 0.5) is 39.5 Å². The number of alkyl halides is 9. The molecule has 166 valence electrons. The quantitative estimate of drug-likeness (QED) is 0.235. The zero-order chi connectivity index (χ0) is 22.1. The third-order valence-corrected chi connectivity index (χ3v) is 4.91. The van der Waals surface area contributed by atoms with Crippen LogP contribution in [0.15, 0.2) is 23.8 Å². The Morgan fingerprint density at radius 1 is 0.862 bits per heavy atom. The minimum Gasteiger partial charge on any atom is -0.462 e. The molecular weight excluding hydrogens is 419 g/mol. The van der Waals surface area contributed by atoms with Crippen molar-refractivity contribution in [2.75, 3.05) is 6.61 Å². The van der Waals surface area contributed by atoms with Crippen LogP contribution in [0.1, 0.15) is 38.5 Å². The molecule has 2 bridgehead atoms. The monoisotopic (exact) mass is 438 g/mol. The Kier molecular flexibility index (Phi) is 6.69. The highest BCUT2D eigenvalue weighted by Gasteiger charge is 2.57. The van der Waals surface area contributed by atoms with Gasteiger partial charge >= 0.3 is 24.0 Å². The van der Waals surface area contributed by atoms with Crippen molar-refractivity contribution in [3.05, 3.63) is 23.8 Å². The number of allylic oxidation sites excluding steroid dienone is 3. The van der Waals surface area contributed by atoms with Gasteiger partial charge < -0.3 is 4.74 Å². The predicted molar refractivity (Wildman–Crippen MR) is 83.8 cm³/mol. The molecule has 0 heterocycles. The lowest BCUT2D eigenvalue weighted by Gasteiger charge is -2.28. The number of fused-ring (bicyclic) bond motifs is 2. The average molecular weight is 438 g/mol. The predicted octanol–water partition coefficient (Wildman–Crippen LogP) is 6.08. The summed E-state index contributed by atoms with van der Waals surface area (Å²) >= 11 is 0. The van der Waals surface area contributed by atoms with Gasteiger partial charge in [-0.15, -0.1) is 0 Å². The molecule has 0 fully saturated rings. The molecule has 29 heavy (non-hydrogen) atoms. The molecule has 11 heteroatoms. The van der Waals surface area contributed by atoms with Crippen molar-refractivity contribution in [3.63, 3.8) is 0 Å². The first kappa shape index (κ1) is 23.6. The topological polar surface area (TPSA) is 26.3 Å². The lowest BCUT2D eigenvalue weighted by Crippen LogP contribution is -2.42. The van der Waals surface area contributed by atoms with Crippen molar-refractivity contribution in [2.24, 2.45) is 11.8 Å². The van der Waals surface area contributed by atoms with Crippen LogP contribution in [0.25, 0.3) is 0 Å². The van der Waals surface area contributed by atoms with Gasteiger partial charge in [0.05, 0.1) is 6.61 Å². The second kappa shape index (κ2) is 8.22. The number of halogens is 9. The molecule has 0 saturated heterocycles. The number of carbonyl (C=O) groups is 1. The van der Waals surface area contributed by atoms with Gasteiger partial charge in [-0.2, -0.15) is 30.7 Å². The Labute approximate surface area is 160 Å². The van der Waals surface area contributed by atoms with Gasteiger partial charge in [-0.1, -0.05) is 18.2 Å². The second-order valence-corrected chi connectivity index (χ2v) is 7.28. The zero-order valence-electron chi connectivity index (χ0n) is 15.1. The highest BCUT2D eigenvalue weighted by atomic mass is 19.4. The van der Waals surface area contributed by atoms with Crippen LogP contribution in [0.5, 0.6) is 0 Å². The smallest absolute Gasteiger partial charge is 0.389 e. The number of hydrogen-bond acceptors (Lipinski definition) is 2. The Morgan fingerprint density at radius 2 is 1.45 bits per heavy atom. The van der Waals surface area contributed by atoms with Gasteiger partial charge in [0, 0.05) is 43.6 Å². The van der Waals surface area contributed by atoms with E-state index in [1.807, 2.05) is 6.08 Å². The third-order valence-electron chi connectivity index (χ3n) is 4.91. The fraction of sp³-hybridized carbons (Fsp3) is 0.722. The van der Waals surface area contributed by atoms with Crippen LogP contribution < -0.4 is 0 Å². The molecule has 0 aliphatic heterocycles. The van der Waals surface area contributed by atoms with E-state index in [1.54, 1.807) is 12.2 Å². The summed E-state index contributed by atoms with van der Waals surface area (Å²) in [7, 11) is 0. The fourth-order valence-electron chi connectivity index (χ4n) is 3.16. The third kappa shape index (κ3) is 6.40. The molecule has 0 radical (unpaired) electrons. The van der Waals surface area contributed by atoms with Crippen molar-refractivity contribution in [1.29, 1.82) is 0 Å². The van der Waals surface area contributed by atoms with Crippen molar-refractivity contribution in [3.8, 4) is 0 Å². The number of ether oxygens (including phenoxy) is 1. The molecule has 2 unspecified atom stereocenters. The van der Waals surface area contributed by atoms with Crippen LogP contribution in [0.2, 0.25) is 0 Å². The lowest BCUT2D eigenvalue weighted by atomic mass is 9.98. The molecule has 0 N–H and O–H groups in total. The molecule has 2 atom stereocenters. The average Bonchev–Trinajstić information content (AvgIpc) is 3.21. The summed E-state index contributed by atoms with van der Waals surface area (Å²) in [4.78, 5) is 11.8. The van der Waals surface area contributed by atoms with Crippen molar-refractivity contribution >= 4 is 5.97 Å². The van der Waals surface area contributed by atoms with E-state index in [0.29, 0.717) is 12.0 Å². The van der Waals surface area contributed by atoms with E-state index in [2.05, 4.69) is 0 Å². The molecule has 0 aromatic carbocycles. The molecule has 0 saturated carbocycles. The van der Waals surface area contributed by atoms with Gasteiger partial charge in [0.1, 0.15) is 0 Å². The first-order chi connectivity index (χ1) is 13.1. The number of carbonyl (C=O) groups excluding carboxylic acids is 1. The first-order valence-corrected chi connectivity index (χ1v) is 8.89. The molecule has 0 aromatic heterocycles. The van der Waals surface area contributed by atoms with Gasteiger partial charge in [0.15, 0.2) is 0 Å². The van der Waals surface area contributed by atoms with E-state index in [-0.39, 0.29) is 11.8 Å². The van der Waals surface area contributed by atoms with Crippen LogP contribution in [-0.4, -0.2) is 36.5 Å². The van der Waals surface area contributed by atoms with Gasteiger partial charge in [-0.3, -0.25) is 0 Å². The van der Waals surface area contributed by atoms with Crippen LogP contribution in [-0.2, 0) is 9.53 Å². The van der Waals surface area contributed by atoms with E-state index >= 15 is 0 Å². The second-order valence-electron chi connectivity index (χ2n) is 7.28. The van der Waals surface area contributed by atoms with E-state index < -0.39 is 68.6 Å². The van der Waals surface area contributed by atoms with E-state index in [4.69, 9.17) is 4.74 Å². The standard InChI is InChI=1S/C18H19F9O2/c19-15(20,3-4-16(21,22)17(23,24)5-6-18(25,26)27)7-8-29-14(28)13-10-11-1-2-12(13)9-11/h1-2,10-12H,3-9H2. The van der Waals surface area contributed by atoms with Crippen LogP contribution >= 0.6 is 0 Å². The van der Waals surface area contributed by atoms with Crippen molar-refractivity contribution in [1.82, 2.24) is 0 Å². The summed E-state index contributed by atoms with van der Waals surface area (Å²) in [6, 6.07) is 0. The maximum Gasteiger partial charge on any atom is 0.389 e. The van der Waals surface area contributed by atoms with E-state index in [1.165, 1.54) is 0 Å². The molecule has 0 amide bonds. The zero-order valence-corrected chi connectivity index (χ0v) is 15.1. The van der Waals surface area contributed by atoms with E-state index in [9.17, 15) is 44.3 Å². The number of rotatable bonds is 10. The molecule has 2 aliphatic carbocycles. The molecule has 0 spiro atoms. The Hall–Kier alpha value is -1.68. The Bertz CT molecular complexity index is 665. The normalized spacial score (nSPS) is 22.2. The molecule has 2 nitrogen and oxygen atoms in total. The van der Waals surface area contributed by atoms with Gasteiger partial charge in [0.2, 0.25) is 0 Å². The summed E-state index contributed by atoms with van der Waals surface area (Å²) in [5, 5.41) is 0. The van der Waals surface area contributed by atoms with Gasteiger partial charge in [0.25, 0.3) is 5.92 Å². The number of hydrogen-bond donors (Lipinski definition) is 0. The fourth-order valence-corrected chi connectivity index (χ4v) is 3.16. The molecule has 2 aliphatic rings. The lowest BCUT2D eigenvalue weighted by molar-refractivity contribution is -0.235. The summed E-state index contributed by atoms with van der Waals surface area (Å²) in [5.41, 5.74) is 0.330. The maximum absolute atomic E-state index is 13.7. The maximum atomic E-state index is 13.7. The molecule has 2 rings (SSSR count). The minimum absolute atomic E-state index is 0.0882. The molecule has 0 aromatic rings. The summed E-state index contributed by atoms with van der Waals surface area (Å²) in [6.07, 6.45) is -8.26. The summed E-state index contributed by atoms with van der Waals surface area (Å²) in [6.45, 7) is -0.805.